The molecule has 0 saturated carbocycles. The Balaban J connectivity index is 2.42. The number of hydrogen-bond donors (Lipinski definition) is 1. The van der Waals surface area contributed by atoms with E-state index in [-0.39, 0.29) is 6.04 Å². The first kappa shape index (κ1) is 17.8. The predicted octanol–water partition coefficient (Wildman–Crippen LogP) is 4.32. The van der Waals surface area contributed by atoms with Crippen LogP contribution in [0, 0.1) is 0 Å². The third-order valence-electron chi connectivity index (χ3n) is 3.56. The van der Waals surface area contributed by atoms with Crippen molar-refractivity contribution in [3.05, 3.63) is 23.8 Å². The summed E-state index contributed by atoms with van der Waals surface area (Å²) in [4.78, 5) is 0. The largest absolute Gasteiger partial charge is 0.497 e. The summed E-state index contributed by atoms with van der Waals surface area (Å²) in [6.45, 7) is 5.04. The maximum atomic E-state index is 5.93. The Morgan fingerprint density at radius 3 is 2.48 bits per heavy atom. The molecule has 0 bridgehead atoms. The number of unbranched alkanes of at least 4 members (excludes halogenated alkanes) is 5. The van der Waals surface area contributed by atoms with Crippen LogP contribution < -0.4 is 15.2 Å². The highest BCUT2D eigenvalue weighted by atomic mass is 16.5. The van der Waals surface area contributed by atoms with E-state index >= 15 is 0 Å². The first-order valence-corrected chi connectivity index (χ1v) is 8.22. The van der Waals surface area contributed by atoms with Gasteiger partial charge in [-0.2, -0.15) is 0 Å². The van der Waals surface area contributed by atoms with E-state index in [1.54, 1.807) is 7.11 Å². The van der Waals surface area contributed by atoms with Gasteiger partial charge >= 0.3 is 0 Å². The summed E-state index contributed by atoms with van der Waals surface area (Å²) in [7, 11) is 1.68. The van der Waals surface area contributed by atoms with Crippen LogP contribution in [0.4, 0.5) is 0 Å². The monoisotopic (exact) mass is 293 g/mol. The van der Waals surface area contributed by atoms with Crippen LogP contribution in [0.15, 0.2) is 18.2 Å². The van der Waals surface area contributed by atoms with Gasteiger partial charge in [0.05, 0.1) is 13.7 Å². The van der Waals surface area contributed by atoms with E-state index in [1.165, 1.54) is 32.1 Å². The van der Waals surface area contributed by atoms with Crippen LogP contribution in [0.3, 0.4) is 0 Å². The van der Waals surface area contributed by atoms with E-state index in [0.717, 1.165) is 36.5 Å². The molecule has 1 rings (SSSR count). The van der Waals surface area contributed by atoms with E-state index in [4.69, 9.17) is 15.2 Å². The molecular weight excluding hydrogens is 262 g/mol. The lowest BCUT2D eigenvalue weighted by Crippen LogP contribution is -2.18. The van der Waals surface area contributed by atoms with Gasteiger partial charge in [0, 0.05) is 6.04 Å². The highest BCUT2D eigenvalue weighted by Gasteiger charge is 2.08. The molecule has 21 heavy (non-hydrogen) atoms. The van der Waals surface area contributed by atoms with Gasteiger partial charge < -0.3 is 15.2 Å². The van der Waals surface area contributed by atoms with Crippen molar-refractivity contribution in [1.29, 1.82) is 0 Å². The van der Waals surface area contributed by atoms with Gasteiger partial charge in [-0.1, -0.05) is 39.0 Å². The number of rotatable bonds is 11. The summed E-state index contributed by atoms with van der Waals surface area (Å²) in [5.41, 5.74) is 7.05. The predicted molar refractivity (Wildman–Crippen MR) is 89.2 cm³/mol. The Morgan fingerprint density at radius 1 is 1.10 bits per heavy atom. The van der Waals surface area contributed by atoms with Crippen molar-refractivity contribution in [1.82, 2.24) is 0 Å². The van der Waals surface area contributed by atoms with Gasteiger partial charge in [-0.05, 0) is 43.5 Å². The molecule has 0 spiro atoms. The fourth-order valence-electron chi connectivity index (χ4n) is 2.39. The molecule has 0 heterocycles. The lowest BCUT2D eigenvalue weighted by molar-refractivity contribution is 0.300. The van der Waals surface area contributed by atoms with Crippen molar-refractivity contribution in [2.75, 3.05) is 13.7 Å². The average molecular weight is 293 g/mol. The molecule has 1 unspecified atom stereocenters. The van der Waals surface area contributed by atoms with Gasteiger partial charge in [-0.15, -0.1) is 0 Å². The summed E-state index contributed by atoms with van der Waals surface area (Å²) >= 11 is 0. The first-order valence-electron chi connectivity index (χ1n) is 8.22. The molecular formula is C18H31NO2. The molecule has 0 aromatic heterocycles. The summed E-state index contributed by atoms with van der Waals surface area (Å²) in [6.07, 6.45) is 8.47. The summed E-state index contributed by atoms with van der Waals surface area (Å²) in [6, 6.07) is 6.09. The third-order valence-corrected chi connectivity index (χ3v) is 3.56. The molecule has 0 radical (unpaired) electrons. The van der Waals surface area contributed by atoms with E-state index in [9.17, 15) is 0 Å². The molecule has 120 valence electrons. The fourth-order valence-corrected chi connectivity index (χ4v) is 2.39. The van der Waals surface area contributed by atoms with Crippen LogP contribution in [-0.2, 0) is 6.42 Å². The van der Waals surface area contributed by atoms with Gasteiger partial charge in [0.1, 0.15) is 11.5 Å². The second kappa shape index (κ2) is 10.5. The zero-order chi connectivity index (χ0) is 15.5. The molecule has 0 aliphatic carbocycles. The molecule has 2 N–H and O–H groups in total. The molecule has 0 aliphatic rings. The Hall–Kier alpha value is -1.22. The van der Waals surface area contributed by atoms with Crippen LogP contribution >= 0.6 is 0 Å². The Bertz CT molecular complexity index is 391. The fraction of sp³-hybridized carbons (Fsp3) is 0.667. The first-order chi connectivity index (χ1) is 10.2. The maximum absolute atomic E-state index is 5.93. The van der Waals surface area contributed by atoms with Gasteiger partial charge in [-0.25, -0.2) is 0 Å². The normalized spacial score (nSPS) is 12.2. The van der Waals surface area contributed by atoms with Crippen molar-refractivity contribution < 1.29 is 9.47 Å². The molecule has 1 aromatic rings. The van der Waals surface area contributed by atoms with E-state index < -0.39 is 0 Å². The quantitative estimate of drug-likeness (QED) is 0.618. The van der Waals surface area contributed by atoms with Crippen molar-refractivity contribution in [3.63, 3.8) is 0 Å². The van der Waals surface area contributed by atoms with Crippen molar-refractivity contribution >= 4 is 0 Å². The SMILES string of the molecule is CCCCCCCCOc1ccc(OC)cc1CC(C)N. The molecule has 0 saturated heterocycles. The molecule has 1 aromatic carbocycles. The number of nitrogens with two attached hydrogens (primary N) is 1. The van der Waals surface area contributed by atoms with Gasteiger partial charge in [0.15, 0.2) is 0 Å². The summed E-state index contributed by atoms with van der Waals surface area (Å²) < 4.78 is 11.2. The van der Waals surface area contributed by atoms with Gasteiger partial charge in [0.2, 0.25) is 0 Å². The number of benzene rings is 1. The van der Waals surface area contributed by atoms with Crippen LogP contribution in [-0.4, -0.2) is 19.8 Å². The zero-order valence-electron chi connectivity index (χ0n) is 13.9. The number of hydrogen-bond acceptors (Lipinski definition) is 3. The highest BCUT2D eigenvalue weighted by Crippen LogP contribution is 2.25. The van der Waals surface area contributed by atoms with Gasteiger partial charge in [-0.3, -0.25) is 0 Å². The third kappa shape index (κ3) is 7.37. The summed E-state index contributed by atoms with van der Waals surface area (Å²) in [5, 5.41) is 0. The van der Waals surface area contributed by atoms with Crippen LogP contribution in [0.2, 0.25) is 0 Å². The Morgan fingerprint density at radius 2 is 1.81 bits per heavy atom. The molecule has 0 amide bonds. The second-order valence-electron chi connectivity index (χ2n) is 5.77. The minimum Gasteiger partial charge on any atom is -0.497 e. The molecule has 0 aliphatic heterocycles. The van der Waals surface area contributed by atoms with Crippen molar-refractivity contribution in [3.8, 4) is 11.5 Å². The lowest BCUT2D eigenvalue weighted by Gasteiger charge is -2.14. The minimum absolute atomic E-state index is 0.119. The van der Waals surface area contributed by atoms with Crippen LogP contribution in [0.25, 0.3) is 0 Å². The summed E-state index contributed by atoms with van der Waals surface area (Å²) in [5.74, 6) is 1.80. The van der Waals surface area contributed by atoms with Crippen molar-refractivity contribution in [2.24, 2.45) is 5.73 Å². The van der Waals surface area contributed by atoms with E-state index in [0.29, 0.717) is 0 Å². The smallest absolute Gasteiger partial charge is 0.122 e. The van der Waals surface area contributed by atoms with E-state index in [2.05, 4.69) is 6.92 Å². The molecule has 1 atom stereocenters. The Labute approximate surface area is 129 Å². The minimum atomic E-state index is 0.119. The standard InChI is InChI=1S/C18H31NO2/c1-4-5-6-7-8-9-12-21-18-11-10-17(20-3)14-16(18)13-15(2)19/h10-11,14-15H,4-9,12-13,19H2,1-3H3. The average Bonchev–Trinajstić information content (AvgIpc) is 2.47. The van der Waals surface area contributed by atoms with Crippen LogP contribution in [0.5, 0.6) is 11.5 Å². The number of methoxy groups -OCH3 is 1. The zero-order valence-corrected chi connectivity index (χ0v) is 13.9. The highest BCUT2D eigenvalue weighted by molar-refractivity contribution is 5.40. The number of ether oxygens (including phenoxy) is 2. The van der Waals surface area contributed by atoms with Crippen molar-refractivity contribution in [2.45, 2.75) is 64.8 Å². The Kier molecular flexibility index (Phi) is 8.91. The maximum Gasteiger partial charge on any atom is 0.122 e. The topological polar surface area (TPSA) is 44.5 Å². The molecule has 3 nitrogen and oxygen atoms in total. The van der Waals surface area contributed by atoms with Crippen LogP contribution in [0.1, 0.15) is 57.9 Å². The molecule has 0 fully saturated rings. The lowest BCUT2D eigenvalue weighted by atomic mass is 10.1. The molecule has 3 heteroatoms. The van der Waals surface area contributed by atoms with Gasteiger partial charge in [0.25, 0.3) is 0 Å². The second-order valence-corrected chi connectivity index (χ2v) is 5.77. The van der Waals surface area contributed by atoms with E-state index in [1.807, 2.05) is 25.1 Å².